The van der Waals surface area contributed by atoms with Gasteiger partial charge in [0.25, 0.3) is 0 Å². The van der Waals surface area contributed by atoms with E-state index in [0.29, 0.717) is 5.92 Å². The number of benzene rings is 2. The van der Waals surface area contributed by atoms with E-state index in [-0.39, 0.29) is 12.2 Å². The van der Waals surface area contributed by atoms with Gasteiger partial charge in [-0.3, -0.25) is 0 Å². The van der Waals surface area contributed by atoms with Crippen LogP contribution in [0.15, 0.2) is 61.2 Å². The van der Waals surface area contributed by atoms with Crippen molar-refractivity contribution in [2.24, 2.45) is 5.92 Å². The normalized spacial score (nSPS) is 16.6. The van der Waals surface area contributed by atoms with E-state index in [9.17, 15) is 0 Å². The van der Waals surface area contributed by atoms with Crippen LogP contribution < -0.4 is 18.9 Å². The van der Waals surface area contributed by atoms with Crippen LogP contribution in [0.25, 0.3) is 0 Å². The first kappa shape index (κ1) is 20.1. The molecular weight excluding hydrogens is 352 g/mol. The van der Waals surface area contributed by atoms with Gasteiger partial charge in [0.15, 0.2) is 6.10 Å². The van der Waals surface area contributed by atoms with E-state index in [4.69, 9.17) is 18.9 Å². The Morgan fingerprint density at radius 2 is 1.21 bits per heavy atom. The van der Waals surface area contributed by atoms with E-state index in [1.807, 2.05) is 54.6 Å². The van der Waals surface area contributed by atoms with Crippen LogP contribution in [0.5, 0.6) is 23.0 Å². The third-order valence-corrected chi connectivity index (χ3v) is 5.33. The molecule has 1 saturated carbocycles. The fourth-order valence-electron chi connectivity index (χ4n) is 3.77. The Kier molecular flexibility index (Phi) is 7.24. The van der Waals surface area contributed by atoms with Crippen molar-refractivity contribution in [2.45, 2.75) is 44.3 Å². The maximum Gasteiger partial charge on any atom is 0.154 e. The molecule has 0 unspecified atom stereocenters. The fourth-order valence-corrected chi connectivity index (χ4v) is 3.77. The molecule has 2 aromatic carbocycles. The topological polar surface area (TPSA) is 36.9 Å². The van der Waals surface area contributed by atoms with Gasteiger partial charge in [-0.2, -0.15) is 0 Å². The van der Waals surface area contributed by atoms with Gasteiger partial charge < -0.3 is 18.9 Å². The van der Waals surface area contributed by atoms with Gasteiger partial charge in [0.05, 0.1) is 14.2 Å². The molecule has 0 saturated heterocycles. The van der Waals surface area contributed by atoms with Gasteiger partial charge in [0.2, 0.25) is 0 Å². The second kappa shape index (κ2) is 10.1. The summed E-state index contributed by atoms with van der Waals surface area (Å²) in [4.78, 5) is 0. The summed E-state index contributed by atoms with van der Waals surface area (Å²) in [6, 6.07) is 15.4. The van der Waals surface area contributed by atoms with Crippen molar-refractivity contribution >= 4 is 0 Å². The van der Waals surface area contributed by atoms with E-state index in [1.54, 1.807) is 14.2 Å². The van der Waals surface area contributed by atoms with Crippen LogP contribution in [0.4, 0.5) is 0 Å². The number of hydrogen-bond acceptors (Lipinski definition) is 4. The molecule has 0 heterocycles. The molecule has 0 bridgehead atoms. The minimum atomic E-state index is -0.237. The second-order valence-corrected chi connectivity index (χ2v) is 7.15. The zero-order valence-corrected chi connectivity index (χ0v) is 16.8. The van der Waals surface area contributed by atoms with Crippen molar-refractivity contribution in [1.29, 1.82) is 0 Å². The number of methoxy groups -OCH3 is 2. The van der Waals surface area contributed by atoms with E-state index in [1.165, 1.54) is 19.3 Å². The maximum absolute atomic E-state index is 6.45. The van der Waals surface area contributed by atoms with E-state index < -0.39 is 0 Å². The molecule has 4 heteroatoms. The molecule has 0 aliphatic heterocycles. The van der Waals surface area contributed by atoms with Crippen molar-refractivity contribution in [3.05, 3.63) is 61.2 Å². The SMILES string of the molecule is C=C[C@@H](Oc1ccc(OC)cc1)[C@H](Oc1ccc(OC)cc1)C1CCCCC1. The maximum atomic E-state index is 6.45. The minimum Gasteiger partial charge on any atom is -0.497 e. The van der Waals surface area contributed by atoms with Gasteiger partial charge in [-0.25, -0.2) is 0 Å². The Balaban J connectivity index is 1.78. The van der Waals surface area contributed by atoms with Crippen LogP contribution in [0.2, 0.25) is 0 Å². The average Bonchev–Trinajstić information content (AvgIpc) is 2.77. The lowest BCUT2D eigenvalue weighted by atomic mass is 9.83. The molecule has 28 heavy (non-hydrogen) atoms. The van der Waals surface area contributed by atoms with Gasteiger partial charge >= 0.3 is 0 Å². The summed E-state index contributed by atoms with van der Waals surface area (Å²) in [6.45, 7) is 4.03. The Hall–Kier alpha value is -2.62. The van der Waals surface area contributed by atoms with Crippen molar-refractivity contribution in [3.63, 3.8) is 0 Å². The molecule has 0 N–H and O–H groups in total. The lowest BCUT2D eigenvalue weighted by Gasteiger charge is -2.35. The number of ether oxygens (including phenoxy) is 4. The Morgan fingerprint density at radius 3 is 1.68 bits per heavy atom. The molecule has 1 fully saturated rings. The highest BCUT2D eigenvalue weighted by atomic mass is 16.5. The van der Waals surface area contributed by atoms with Crippen LogP contribution in [-0.4, -0.2) is 26.4 Å². The first-order chi connectivity index (χ1) is 13.7. The van der Waals surface area contributed by atoms with Gasteiger partial charge in [0.1, 0.15) is 29.1 Å². The molecule has 2 atom stereocenters. The Morgan fingerprint density at radius 1 is 0.750 bits per heavy atom. The van der Waals surface area contributed by atoms with Crippen LogP contribution in [0.3, 0.4) is 0 Å². The van der Waals surface area contributed by atoms with Crippen molar-refractivity contribution in [3.8, 4) is 23.0 Å². The smallest absolute Gasteiger partial charge is 0.154 e. The lowest BCUT2D eigenvalue weighted by Crippen LogP contribution is -2.41. The summed E-state index contributed by atoms with van der Waals surface area (Å²) >= 11 is 0. The third-order valence-electron chi connectivity index (χ3n) is 5.33. The van der Waals surface area contributed by atoms with Gasteiger partial charge in [-0.1, -0.05) is 25.8 Å². The van der Waals surface area contributed by atoms with E-state index in [0.717, 1.165) is 35.8 Å². The zero-order chi connectivity index (χ0) is 19.8. The molecule has 1 aliphatic carbocycles. The predicted molar refractivity (Wildman–Crippen MR) is 112 cm³/mol. The molecule has 0 aromatic heterocycles. The van der Waals surface area contributed by atoms with Crippen LogP contribution in [-0.2, 0) is 0 Å². The van der Waals surface area contributed by atoms with Crippen molar-refractivity contribution < 1.29 is 18.9 Å². The highest BCUT2D eigenvalue weighted by Gasteiger charge is 2.32. The summed E-state index contributed by atoms with van der Waals surface area (Å²) in [7, 11) is 3.32. The molecule has 1 aliphatic rings. The molecule has 4 nitrogen and oxygen atoms in total. The molecule has 3 rings (SSSR count). The van der Waals surface area contributed by atoms with Gasteiger partial charge in [-0.05, 0) is 73.4 Å². The minimum absolute atomic E-state index is 0.0895. The molecule has 0 radical (unpaired) electrons. The average molecular weight is 383 g/mol. The van der Waals surface area contributed by atoms with Crippen molar-refractivity contribution in [2.75, 3.05) is 14.2 Å². The third kappa shape index (κ3) is 5.22. The summed E-state index contributed by atoms with van der Waals surface area (Å²) < 4.78 is 23.2. The fraction of sp³-hybridized carbons (Fsp3) is 0.417. The number of rotatable bonds is 9. The molecule has 2 aromatic rings. The number of hydrogen-bond donors (Lipinski definition) is 0. The monoisotopic (exact) mass is 382 g/mol. The first-order valence-corrected chi connectivity index (χ1v) is 9.97. The highest BCUT2D eigenvalue weighted by Crippen LogP contribution is 2.33. The van der Waals surface area contributed by atoms with Crippen LogP contribution in [0.1, 0.15) is 32.1 Å². The lowest BCUT2D eigenvalue weighted by molar-refractivity contribution is 0.0263. The van der Waals surface area contributed by atoms with E-state index >= 15 is 0 Å². The summed E-state index contributed by atoms with van der Waals surface area (Å²) in [6.07, 6.45) is 7.59. The quantitative estimate of drug-likeness (QED) is 0.524. The second-order valence-electron chi connectivity index (χ2n) is 7.15. The molecule has 0 spiro atoms. The van der Waals surface area contributed by atoms with Crippen molar-refractivity contribution in [1.82, 2.24) is 0 Å². The summed E-state index contributed by atoms with van der Waals surface area (Å²) in [5.41, 5.74) is 0. The standard InChI is InChI=1S/C24H30O4/c1-4-23(27-21-14-10-19(25-2)11-15-21)24(18-8-6-5-7-9-18)28-22-16-12-20(26-3)13-17-22/h4,10-18,23-24H,1,5-9H2,2-3H3/t23-,24-/m1/s1. The molecular formula is C24H30O4. The summed E-state index contributed by atoms with van der Waals surface area (Å²) in [5, 5.41) is 0. The van der Waals surface area contributed by atoms with Crippen LogP contribution >= 0.6 is 0 Å². The zero-order valence-electron chi connectivity index (χ0n) is 16.8. The summed E-state index contributed by atoms with van der Waals surface area (Å²) in [5.74, 6) is 3.67. The van der Waals surface area contributed by atoms with E-state index in [2.05, 4.69) is 6.58 Å². The molecule has 150 valence electrons. The van der Waals surface area contributed by atoms with Crippen LogP contribution in [0, 0.1) is 5.92 Å². The Labute approximate surface area is 168 Å². The van der Waals surface area contributed by atoms with Gasteiger partial charge in [-0.15, -0.1) is 0 Å². The largest absolute Gasteiger partial charge is 0.497 e. The molecule has 0 amide bonds. The first-order valence-electron chi connectivity index (χ1n) is 9.97. The predicted octanol–water partition coefficient (Wildman–Crippen LogP) is 5.67. The Bertz CT molecular complexity index is 717. The van der Waals surface area contributed by atoms with Gasteiger partial charge in [0, 0.05) is 0 Å². The highest BCUT2D eigenvalue weighted by molar-refractivity contribution is 5.33.